The van der Waals surface area contributed by atoms with Crippen LogP contribution in [0.25, 0.3) is 0 Å². The highest BCUT2D eigenvalue weighted by Gasteiger charge is 2.27. The largest absolute Gasteiger partial charge is 0.472 e. The Labute approximate surface area is 347 Å². The zero-order valence-corrected chi connectivity index (χ0v) is 38.3. The molecule has 3 unspecified atom stereocenters. The number of aliphatic hydroxyl groups is 1. The zero-order valence-electron chi connectivity index (χ0n) is 37.4. The van der Waals surface area contributed by atoms with Crippen molar-refractivity contribution in [3.63, 3.8) is 0 Å². The van der Waals surface area contributed by atoms with E-state index in [1.165, 1.54) is 141 Å². The Morgan fingerprint density at radius 3 is 1.43 bits per heavy atom. The molecule has 0 rings (SSSR count). The van der Waals surface area contributed by atoms with Gasteiger partial charge in [-0.15, -0.1) is 0 Å². The molecule has 3 atom stereocenters. The Hall–Kier alpha value is -1.28. The number of amides is 1. The number of likely N-dealkylation sites (N-methyl/N-ethyl adjacent to an activating group) is 1. The fourth-order valence-electron chi connectivity index (χ4n) is 6.60. The Morgan fingerprint density at radius 2 is 0.982 bits per heavy atom. The van der Waals surface area contributed by atoms with Gasteiger partial charge in [0.15, 0.2) is 0 Å². The molecule has 3 N–H and O–H groups in total. The minimum Gasteiger partial charge on any atom is -0.387 e. The second-order valence-corrected chi connectivity index (χ2v) is 18.6. The minimum absolute atomic E-state index is 0.0540. The summed E-state index contributed by atoms with van der Waals surface area (Å²) in [5, 5.41) is 13.7. The van der Waals surface area contributed by atoms with E-state index in [1.807, 2.05) is 27.2 Å². The minimum atomic E-state index is -4.34. The van der Waals surface area contributed by atoms with Crippen molar-refractivity contribution in [1.82, 2.24) is 5.32 Å². The summed E-state index contributed by atoms with van der Waals surface area (Å²) in [4.78, 5) is 22.9. The van der Waals surface area contributed by atoms with Gasteiger partial charge in [-0.25, -0.2) is 4.57 Å². The standard InChI is InChI=1S/C47H91N2O6P/c1-6-8-10-12-14-15-16-17-18-19-20-21-22-23-24-25-26-27-28-29-30-31-32-33-35-36-38-40-46(50)45(44-55-56(52,53)54-43-42-49(3,4)5)48-47(51)41-39-37-34-13-11-9-7-2/h28-29,32-33,38,40,45-46,50H,6-27,30-31,34-37,39,41-44H2,1-5H3,(H-,48,51,52,53)/p+1/b29-28+,33-32+,40-38+. The Balaban J connectivity index is 4.20. The molecule has 0 saturated carbocycles. The topological polar surface area (TPSA) is 105 Å². The zero-order chi connectivity index (χ0) is 41.4. The van der Waals surface area contributed by atoms with E-state index in [9.17, 15) is 19.4 Å². The molecule has 9 heteroatoms. The summed E-state index contributed by atoms with van der Waals surface area (Å²) < 4.78 is 23.4. The lowest BCUT2D eigenvalue weighted by molar-refractivity contribution is -0.870. The molecular formula is C47H92N2O6P+. The molecule has 0 aliphatic rings. The van der Waals surface area contributed by atoms with Crippen LogP contribution in [-0.4, -0.2) is 73.4 Å². The molecule has 0 aromatic carbocycles. The second kappa shape index (κ2) is 39.2. The van der Waals surface area contributed by atoms with Crippen LogP contribution < -0.4 is 5.32 Å². The third-order valence-electron chi connectivity index (χ3n) is 10.3. The number of carbonyl (C=O) groups is 1. The van der Waals surface area contributed by atoms with Crippen molar-refractivity contribution < 1.29 is 32.9 Å². The predicted octanol–water partition coefficient (Wildman–Crippen LogP) is 13.1. The normalized spacial score (nSPS) is 14.6. The van der Waals surface area contributed by atoms with E-state index < -0.39 is 20.0 Å². The maximum atomic E-state index is 12.7. The first-order chi connectivity index (χ1) is 27.0. The van der Waals surface area contributed by atoms with E-state index in [4.69, 9.17) is 9.05 Å². The summed E-state index contributed by atoms with van der Waals surface area (Å²) in [5.41, 5.74) is 0. The van der Waals surface area contributed by atoms with Crippen molar-refractivity contribution in [2.45, 2.75) is 219 Å². The second-order valence-electron chi connectivity index (χ2n) is 17.1. The number of rotatable bonds is 42. The number of hydrogen-bond donors (Lipinski definition) is 3. The third-order valence-corrected chi connectivity index (χ3v) is 11.3. The van der Waals surface area contributed by atoms with Crippen LogP contribution in [-0.2, 0) is 18.4 Å². The van der Waals surface area contributed by atoms with Crippen molar-refractivity contribution in [1.29, 1.82) is 0 Å². The average molecular weight is 812 g/mol. The number of phosphoric ester groups is 1. The van der Waals surface area contributed by atoms with Gasteiger partial charge in [0.25, 0.3) is 0 Å². The quantitative estimate of drug-likeness (QED) is 0.0245. The van der Waals surface area contributed by atoms with Crippen LogP contribution in [0.2, 0.25) is 0 Å². The highest BCUT2D eigenvalue weighted by Crippen LogP contribution is 2.43. The van der Waals surface area contributed by atoms with Gasteiger partial charge in [0.2, 0.25) is 5.91 Å². The Morgan fingerprint density at radius 1 is 0.589 bits per heavy atom. The fraction of sp³-hybridized carbons (Fsp3) is 0.851. The molecule has 330 valence electrons. The monoisotopic (exact) mass is 812 g/mol. The lowest BCUT2D eigenvalue weighted by Gasteiger charge is -2.25. The van der Waals surface area contributed by atoms with Gasteiger partial charge in [-0.05, 0) is 44.9 Å². The molecule has 0 saturated heterocycles. The van der Waals surface area contributed by atoms with E-state index in [2.05, 4.69) is 43.5 Å². The van der Waals surface area contributed by atoms with Crippen LogP contribution in [0.5, 0.6) is 0 Å². The Kier molecular flexibility index (Phi) is 38.3. The van der Waals surface area contributed by atoms with Gasteiger partial charge in [0.1, 0.15) is 13.2 Å². The smallest absolute Gasteiger partial charge is 0.387 e. The molecule has 0 fully saturated rings. The number of quaternary nitrogens is 1. The molecule has 0 radical (unpaired) electrons. The maximum absolute atomic E-state index is 12.7. The van der Waals surface area contributed by atoms with Crippen molar-refractivity contribution >= 4 is 13.7 Å². The number of aliphatic hydroxyl groups excluding tert-OH is 1. The first kappa shape index (κ1) is 54.7. The molecule has 0 spiro atoms. The van der Waals surface area contributed by atoms with Gasteiger partial charge < -0.3 is 19.8 Å². The summed E-state index contributed by atoms with van der Waals surface area (Å²) >= 11 is 0. The predicted molar refractivity (Wildman–Crippen MR) is 240 cm³/mol. The first-order valence-electron chi connectivity index (χ1n) is 23.4. The number of nitrogens with zero attached hydrogens (tertiary/aromatic N) is 1. The van der Waals surface area contributed by atoms with E-state index in [0.29, 0.717) is 17.4 Å². The molecule has 0 aromatic heterocycles. The molecule has 1 amide bonds. The average Bonchev–Trinajstić information content (AvgIpc) is 3.15. The number of hydrogen-bond acceptors (Lipinski definition) is 5. The SMILES string of the molecule is CCCCCCCCCCCCCCCCCCC/C=C/CC/C=C/CC/C=C/C(O)C(COP(=O)(O)OCC[N+](C)(C)C)NC(=O)CCCCCCCCC. The lowest BCUT2D eigenvalue weighted by Crippen LogP contribution is -2.45. The summed E-state index contributed by atoms with van der Waals surface area (Å²) in [6.07, 6.45) is 48.3. The van der Waals surface area contributed by atoms with Crippen molar-refractivity contribution in [3.8, 4) is 0 Å². The maximum Gasteiger partial charge on any atom is 0.472 e. The van der Waals surface area contributed by atoms with Crippen LogP contribution >= 0.6 is 7.82 Å². The van der Waals surface area contributed by atoms with Crippen LogP contribution in [0, 0.1) is 0 Å². The highest BCUT2D eigenvalue weighted by atomic mass is 31.2. The molecule has 56 heavy (non-hydrogen) atoms. The van der Waals surface area contributed by atoms with Gasteiger partial charge in [-0.1, -0.05) is 192 Å². The van der Waals surface area contributed by atoms with Crippen molar-refractivity contribution in [3.05, 3.63) is 36.5 Å². The number of allylic oxidation sites excluding steroid dienone is 5. The summed E-state index contributed by atoms with van der Waals surface area (Å²) in [5.74, 6) is -0.199. The lowest BCUT2D eigenvalue weighted by atomic mass is 10.0. The van der Waals surface area contributed by atoms with Gasteiger partial charge in [-0.3, -0.25) is 13.8 Å². The van der Waals surface area contributed by atoms with Crippen molar-refractivity contribution in [2.75, 3.05) is 40.9 Å². The van der Waals surface area contributed by atoms with Gasteiger partial charge in [0, 0.05) is 6.42 Å². The van der Waals surface area contributed by atoms with Crippen LogP contribution in [0.15, 0.2) is 36.5 Å². The molecule has 0 bridgehead atoms. The molecule has 0 aromatic rings. The Bertz CT molecular complexity index is 1010. The molecule has 0 heterocycles. The van der Waals surface area contributed by atoms with Crippen LogP contribution in [0.1, 0.15) is 206 Å². The number of phosphoric acid groups is 1. The number of nitrogens with one attached hydrogen (secondary N) is 1. The first-order valence-corrected chi connectivity index (χ1v) is 24.9. The summed E-state index contributed by atoms with van der Waals surface area (Å²) in [6.45, 7) is 4.73. The third kappa shape index (κ3) is 40.9. The van der Waals surface area contributed by atoms with E-state index in [1.54, 1.807) is 6.08 Å². The van der Waals surface area contributed by atoms with Crippen LogP contribution in [0.3, 0.4) is 0 Å². The van der Waals surface area contributed by atoms with Gasteiger partial charge >= 0.3 is 7.82 Å². The van der Waals surface area contributed by atoms with E-state index in [-0.39, 0.29) is 19.1 Å². The number of unbranched alkanes of at least 4 members (excludes halogenated alkanes) is 25. The molecule has 8 nitrogen and oxygen atoms in total. The molecule has 0 aliphatic heterocycles. The van der Waals surface area contributed by atoms with E-state index >= 15 is 0 Å². The van der Waals surface area contributed by atoms with Gasteiger partial charge in [0.05, 0.1) is 39.9 Å². The van der Waals surface area contributed by atoms with Gasteiger partial charge in [-0.2, -0.15) is 0 Å². The van der Waals surface area contributed by atoms with Crippen molar-refractivity contribution in [2.24, 2.45) is 0 Å². The molecular weight excluding hydrogens is 719 g/mol. The fourth-order valence-corrected chi connectivity index (χ4v) is 7.34. The molecule has 0 aliphatic carbocycles. The summed E-state index contributed by atoms with van der Waals surface area (Å²) in [6, 6.07) is -0.864. The highest BCUT2D eigenvalue weighted by molar-refractivity contribution is 7.47. The number of carbonyl (C=O) groups excluding carboxylic acids is 1. The summed E-state index contributed by atoms with van der Waals surface area (Å²) in [7, 11) is 1.55. The van der Waals surface area contributed by atoms with Crippen LogP contribution in [0.4, 0.5) is 0 Å². The van der Waals surface area contributed by atoms with E-state index in [0.717, 1.165) is 44.9 Å².